The number of hydrogen-bond acceptors (Lipinski definition) is 9. The highest BCUT2D eigenvalue weighted by Crippen LogP contribution is 2.36. The number of thiazole rings is 1. The van der Waals surface area contributed by atoms with E-state index in [4.69, 9.17) is 9.88 Å². The van der Waals surface area contributed by atoms with Gasteiger partial charge in [0.1, 0.15) is 5.01 Å². The summed E-state index contributed by atoms with van der Waals surface area (Å²) in [6.45, 7) is 0.251. The molecule has 0 aliphatic carbocycles. The standard InChI is InChI=1S/C29H29F3N4O7S3/c1-43-14-12-34-26(37)20-6-4-19(5-7-20)21-8-11-23-24(16-21)44-28(36-23)25(27(38)35-13-15-46(33,41)42)45(39,40)17-18-2-9-22(10-3-18)29(30,31)32/h2-11,16,25H,12-15,17H2,1H3,(H,34,37)(H,35,38)(H2,33,41,42). The molecule has 1 aromatic heterocycles. The molecule has 2 amide bonds. The second-order valence-electron chi connectivity index (χ2n) is 10.1. The van der Waals surface area contributed by atoms with E-state index in [2.05, 4.69) is 15.6 Å². The van der Waals surface area contributed by atoms with Gasteiger partial charge in [0.25, 0.3) is 5.91 Å². The second kappa shape index (κ2) is 14.3. The van der Waals surface area contributed by atoms with Gasteiger partial charge in [0.2, 0.25) is 15.9 Å². The van der Waals surface area contributed by atoms with Gasteiger partial charge in [-0.1, -0.05) is 30.3 Å². The molecule has 3 aromatic carbocycles. The van der Waals surface area contributed by atoms with Crippen LogP contribution >= 0.6 is 11.3 Å². The van der Waals surface area contributed by atoms with Gasteiger partial charge >= 0.3 is 6.18 Å². The molecule has 0 aliphatic heterocycles. The lowest BCUT2D eigenvalue weighted by atomic mass is 10.0. The van der Waals surface area contributed by atoms with E-state index in [9.17, 15) is 39.6 Å². The van der Waals surface area contributed by atoms with Crippen molar-refractivity contribution in [3.8, 4) is 11.1 Å². The Kier molecular flexibility index (Phi) is 10.8. The Morgan fingerprint density at radius 1 is 0.935 bits per heavy atom. The number of nitrogens with zero attached hydrogens (tertiary/aromatic N) is 1. The molecule has 17 heteroatoms. The Morgan fingerprint density at radius 3 is 2.20 bits per heavy atom. The van der Waals surface area contributed by atoms with Crippen LogP contribution in [0.4, 0.5) is 13.2 Å². The van der Waals surface area contributed by atoms with Gasteiger partial charge in [0.15, 0.2) is 15.1 Å². The Morgan fingerprint density at radius 2 is 1.59 bits per heavy atom. The Bertz CT molecular complexity index is 1930. The van der Waals surface area contributed by atoms with E-state index < -0.39 is 60.8 Å². The second-order valence-corrected chi connectivity index (χ2v) is 15.0. The van der Waals surface area contributed by atoms with Crippen LogP contribution in [0.15, 0.2) is 66.7 Å². The highest BCUT2D eigenvalue weighted by molar-refractivity contribution is 7.91. The Hall–Kier alpha value is -3.90. The number of sulfone groups is 1. The van der Waals surface area contributed by atoms with Gasteiger partial charge in [0.05, 0.1) is 33.9 Å². The van der Waals surface area contributed by atoms with E-state index in [1.54, 1.807) is 42.5 Å². The number of halogens is 3. The van der Waals surface area contributed by atoms with E-state index in [0.717, 1.165) is 46.7 Å². The van der Waals surface area contributed by atoms with Crippen molar-refractivity contribution in [3.05, 3.63) is 88.4 Å². The number of amides is 2. The number of sulfonamides is 1. The summed E-state index contributed by atoms with van der Waals surface area (Å²) < 4.78 is 94.4. The number of rotatable bonds is 13. The van der Waals surface area contributed by atoms with Crippen molar-refractivity contribution in [2.45, 2.75) is 17.2 Å². The predicted molar refractivity (Wildman–Crippen MR) is 167 cm³/mol. The normalized spacial score (nSPS) is 13.0. The molecule has 0 saturated carbocycles. The van der Waals surface area contributed by atoms with Gasteiger partial charge in [-0.05, 0) is 53.1 Å². The first-order valence-electron chi connectivity index (χ1n) is 13.5. The van der Waals surface area contributed by atoms with Gasteiger partial charge in [-0.3, -0.25) is 9.59 Å². The molecule has 0 spiro atoms. The van der Waals surface area contributed by atoms with Crippen LogP contribution in [0.25, 0.3) is 21.3 Å². The quantitative estimate of drug-likeness (QED) is 0.178. The minimum Gasteiger partial charge on any atom is -0.383 e. The first-order chi connectivity index (χ1) is 21.6. The molecular weight excluding hydrogens is 670 g/mol. The Balaban J connectivity index is 1.64. The van der Waals surface area contributed by atoms with E-state index >= 15 is 0 Å². The average Bonchev–Trinajstić information content (AvgIpc) is 3.38. The molecule has 1 atom stereocenters. The number of nitrogens with one attached hydrogen (secondary N) is 2. The molecule has 0 radical (unpaired) electrons. The molecule has 0 saturated heterocycles. The zero-order chi connectivity index (χ0) is 33.7. The SMILES string of the molecule is COCCNC(=O)c1ccc(-c2ccc3nc(C(C(=O)NCCS(N)(=O)=O)S(=O)(=O)Cc4ccc(C(F)(F)F)cc4)sc3c2)cc1. The first-order valence-corrected chi connectivity index (χ1v) is 17.8. The number of aromatic nitrogens is 1. The highest BCUT2D eigenvalue weighted by atomic mass is 32.2. The summed E-state index contributed by atoms with van der Waals surface area (Å²) in [4.78, 5) is 29.9. The van der Waals surface area contributed by atoms with Crippen LogP contribution in [0.2, 0.25) is 0 Å². The maximum Gasteiger partial charge on any atom is 0.416 e. The molecule has 4 N–H and O–H groups in total. The fraction of sp³-hybridized carbons (Fsp3) is 0.276. The van der Waals surface area contributed by atoms with Crippen LogP contribution in [0.5, 0.6) is 0 Å². The van der Waals surface area contributed by atoms with Gasteiger partial charge in [-0.15, -0.1) is 11.3 Å². The lowest BCUT2D eigenvalue weighted by Crippen LogP contribution is -2.37. The molecular formula is C29H29F3N4O7S3. The number of carbonyl (C=O) groups is 2. The van der Waals surface area contributed by atoms with Gasteiger partial charge in [-0.2, -0.15) is 13.2 Å². The largest absolute Gasteiger partial charge is 0.416 e. The predicted octanol–water partition coefficient (Wildman–Crippen LogP) is 3.42. The Labute approximate surface area is 266 Å². The topological polar surface area (TPSA) is 175 Å². The van der Waals surface area contributed by atoms with E-state index in [1.165, 1.54) is 7.11 Å². The molecule has 0 bridgehead atoms. The van der Waals surface area contributed by atoms with Crippen molar-refractivity contribution in [1.29, 1.82) is 0 Å². The summed E-state index contributed by atoms with van der Waals surface area (Å²) >= 11 is 0.925. The molecule has 4 aromatic rings. The van der Waals surface area contributed by atoms with E-state index in [-0.39, 0.29) is 16.5 Å². The van der Waals surface area contributed by atoms with E-state index in [1.807, 2.05) is 0 Å². The average molecular weight is 699 g/mol. The molecule has 11 nitrogen and oxygen atoms in total. The van der Waals surface area contributed by atoms with Gasteiger partial charge < -0.3 is 15.4 Å². The van der Waals surface area contributed by atoms with Crippen LogP contribution in [-0.4, -0.2) is 66.2 Å². The number of primary sulfonamides is 1. The molecule has 246 valence electrons. The molecule has 0 aliphatic rings. The van der Waals surface area contributed by atoms with Crippen molar-refractivity contribution >= 4 is 53.2 Å². The van der Waals surface area contributed by atoms with Crippen molar-refractivity contribution in [1.82, 2.24) is 15.6 Å². The van der Waals surface area contributed by atoms with Crippen LogP contribution in [0.3, 0.4) is 0 Å². The minimum atomic E-state index is -4.62. The summed E-state index contributed by atoms with van der Waals surface area (Å²) in [5.74, 6) is -2.77. The third-order valence-electron chi connectivity index (χ3n) is 6.63. The zero-order valence-corrected chi connectivity index (χ0v) is 26.7. The third-order valence-corrected chi connectivity index (χ3v) is 10.5. The first kappa shape index (κ1) is 35.0. The molecule has 4 rings (SSSR count). The molecule has 0 fully saturated rings. The van der Waals surface area contributed by atoms with Gasteiger partial charge in [-0.25, -0.2) is 27.0 Å². The van der Waals surface area contributed by atoms with Crippen LogP contribution in [0, 0.1) is 0 Å². The summed E-state index contributed by atoms with van der Waals surface area (Å²) in [7, 11) is -6.89. The number of hydrogen-bond donors (Lipinski definition) is 3. The summed E-state index contributed by atoms with van der Waals surface area (Å²) in [6.07, 6.45) is -4.62. The minimum absolute atomic E-state index is 0.00885. The monoisotopic (exact) mass is 698 g/mol. The fourth-order valence-electron chi connectivity index (χ4n) is 4.36. The summed E-state index contributed by atoms with van der Waals surface area (Å²) in [6, 6.07) is 15.4. The maximum absolute atomic E-state index is 13.6. The smallest absolute Gasteiger partial charge is 0.383 e. The number of fused-ring (bicyclic) bond motifs is 1. The molecule has 1 unspecified atom stereocenters. The number of carbonyl (C=O) groups excluding carboxylic acids is 2. The number of methoxy groups -OCH3 is 1. The number of benzene rings is 3. The van der Waals surface area contributed by atoms with Crippen LogP contribution < -0.4 is 15.8 Å². The summed E-state index contributed by atoms with van der Waals surface area (Å²) in [5.41, 5.74) is 1.33. The van der Waals surface area contributed by atoms with Crippen molar-refractivity contribution < 1.29 is 44.3 Å². The number of alkyl halides is 3. The van der Waals surface area contributed by atoms with E-state index in [0.29, 0.717) is 28.9 Å². The van der Waals surface area contributed by atoms with Crippen molar-refractivity contribution in [2.24, 2.45) is 5.14 Å². The fourth-order valence-corrected chi connectivity index (χ4v) is 7.91. The molecule has 1 heterocycles. The van der Waals surface area contributed by atoms with Crippen molar-refractivity contribution in [2.75, 3.05) is 32.6 Å². The maximum atomic E-state index is 13.6. The van der Waals surface area contributed by atoms with Gasteiger partial charge in [0, 0.05) is 25.8 Å². The van der Waals surface area contributed by atoms with Crippen LogP contribution in [-0.2, 0) is 41.3 Å². The summed E-state index contributed by atoms with van der Waals surface area (Å²) in [5, 5.41) is 7.98. The lowest BCUT2D eigenvalue weighted by molar-refractivity contribution is -0.137. The highest BCUT2D eigenvalue weighted by Gasteiger charge is 2.37. The lowest BCUT2D eigenvalue weighted by Gasteiger charge is -2.16. The number of ether oxygens (including phenoxy) is 1. The van der Waals surface area contributed by atoms with Crippen molar-refractivity contribution in [3.63, 3.8) is 0 Å². The number of nitrogens with two attached hydrogens (primary N) is 1. The molecule has 46 heavy (non-hydrogen) atoms. The zero-order valence-electron chi connectivity index (χ0n) is 24.2. The third kappa shape index (κ3) is 9.10. The van der Waals surface area contributed by atoms with Crippen LogP contribution in [0.1, 0.15) is 31.7 Å².